The van der Waals surface area contributed by atoms with E-state index in [4.69, 9.17) is 9.84 Å². The first-order valence-corrected chi connectivity index (χ1v) is 7.88. The molecule has 1 amide bonds. The van der Waals surface area contributed by atoms with Crippen LogP contribution < -0.4 is 10.1 Å². The van der Waals surface area contributed by atoms with Crippen molar-refractivity contribution in [2.24, 2.45) is 5.92 Å². The number of anilines is 1. The lowest BCUT2D eigenvalue weighted by atomic mass is 9.86. The maximum atomic E-state index is 11.5. The van der Waals surface area contributed by atoms with Gasteiger partial charge in [-0.1, -0.05) is 6.07 Å². The molecule has 0 atom stereocenters. The molecule has 2 rings (SSSR count). The maximum Gasteiger partial charge on any atom is 0.306 e. The lowest BCUT2D eigenvalue weighted by Crippen LogP contribution is -2.29. The Kier molecular flexibility index (Phi) is 5.84. The van der Waals surface area contributed by atoms with Gasteiger partial charge in [-0.15, -0.1) is 0 Å². The van der Waals surface area contributed by atoms with Gasteiger partial charge < -0.3 is 20.1 Å². The molecule has 0 spiro atoms. The van der Waals surface area contributed by atoms with Gasteiger partial charge >= 0.3 is 5.97 Å². The molecule has 0 aromatic heterocycles. The molecule has 1 fully saturated rings. The number of rotatable bonds is 6. The molecular formula is C17H24N2O4. The Hall–Kier alpha value is -2.24. The number of nitrogens with zero attached hydrogens (tertiary/aromatic N) is 1. The van der Waals surface area contributed by atoms with Crippen LogP contribution >= 0.6 is 0 Å². The molecule has 0 unspecified atom stereocenters. The van der Waals surface area contributed by atoms with E-state index >= 15 is 0 Å². The molecule has 2 N–H and O–H groups in total. The number of amides is 1. The van der Waals surface area contributed by atoms with Gasteiger partial charge in [-0.25, -0.2) is 0 Å². The van der Waals surface area contributed by atoms with Gasteiger partial charge in [-0.05, 0) is 37.8 Å². The zero-order valence-corrected chi connectivity index (χ0v) is 13.6. The van der Waals surface area contributed by atoms with Crippen molar-refractivity contribution < 1.29 is 19.4 Å². The second kappa shape index (κ2) is 7.85. The van der Waals surface area contributed by atoms with Crippen molar-refractivity contribution in [1.29, 1.82) is 0 Å². The van der Waals surface area contributed by atoms with Crippen molar-refractivity contribution in [3.05, 3.63) is 24.3 Å². The number of carbonyl (C=O) groups is 2. The summed E-state index contributed by atoms with van der Waals surface area (Å²) in [5, 5.41) is 12.4. The van der Waals surface area contributed by atoms with Crippen molar-refractivity contribution in [3.63, 3.8) is 0 Å². The molecular weight excluding hydrogens is 296 g/mol. The molecule has 126 valence electrons. The Labute approximate surface area is 136 Å². The number of carboxylic acids is 1. The summed E-state index contributed by atoms with van der Waals surface area (Å²) in [4.78, 5) is 24.0. The number of aliphatic carboxylic acids is 1. The minimum Gasteiger partial charge on any atom is -0.484 e. The van der Waals surface area contributed by atoms with E-state index < -0.39 is 5.97 Å². The number of hydrogen-bond acceptors (Lipinski definition) is 4. The third kappa shape index (κ3) is 5.16. The van der Waals surface area contributed by atoms with E-state index in [-0.39, 0.29) is 24.5 Å². The Bertz CT molecular complexity index is 551. The number of carboxylic acid groups (broad SMARTS) is 1. The summed E-state index contributed by atoms with van der Waals surface area (Å²) in [6.45, 7) is 0.0141. The standard InChI is InChI=1S/C17H24N2O4/c1-19(2)16(20)11-23-15-5-3-4-14(10-15)18-13-8-6-12(7-9-13)17(21)22/h3-5,10,12-13,18H,6-9,11H2,1-2H3,(H,21,22). The number of benzene rings is 1. The summed E-state index contributed by atoms with van der Waals surface area (Å²) >= 11 is 0. The van der Waals surface area contributed by atoms with Crippen LogP contribution in [0.5, 0.6) is 5.75 Å². The van der Waals surface area contributed by atoms with Gasteiger partial charge in [0, 0.05) is 31.9 Å². The average Bonchev–Trinajstić information content (AvgIpc) is 2.53. The van der Waals surface area contributed by atoms with Crippen LogP contribution in [0.15, 0.2) is 24.3 Å². The molecule has 1 saturated carbocycles. The van der Waals surface area contributed by atoms with Crippen LogP contribution in [0.3, 0.4) is 0 Å². The van der Waals surface area contributed by atoms with Crippen LogP contribution in [0.4, 0.5) is 5.69 Å². The highest BCUT2D eigenvalue weighted by atomic mass is 16.5. The largest absolute Gasteiger partial charge is 0.484 e. The highest BCUT2D eigenvalue weighted by molar-refractivity contribution is 5.77. The Morgan fingerprint density at radius 3 is 2.57 bits per heavy atom. The fourth-order valence-corrected chi connectivity index (χ4v) is 2.67. The second-order valence-corrected chi connectivity index (χ2v) is 6.14. The van der Waals surface area contributed by atoms with E-state index in [0.29, 0.717) is 18.6 Å². The molecule has 6 nitrogen and oxygen atoms in total. The highest BCUT2D eigenvalue weighted by Gasteiger charge is 2.25. The molecule has 1 aliphatic rings. The van der Waals surface area contributed by atoms with Crippen LogP contribution in [0, 0.1) is 5.92 Å². The van der Waals surface area contributed by atoms with Crippen LogP contribution in [-0.4, -0.2) is 48.6 Å². The Morgan fingerprint density at radius 1 is 1.26 bits per heavy atom. The molecule has 0 radical (unpaired) electrons. The summed E-state index contributed by atoms with van der Waals surface area (Å²) < 4.78 is 5.50. The molecule has 23 heavy (non-hydrogen) atoms. The molecule has 0 bridgehead atoms. The third-order valence-electron chi connectivity index (χ3n) is 4.14. The molecule has 0 aliphatic heterocycles. The molecule has 0 heterocycles. The average molecular weight is 320 g/mol. The first-order valence-electron chi connectivity index (χ1n) is 7.88. The lowest BCUT2D eigenvalue weighted by Gasteiger charge is -2.27. The van der Waals surface area contributed by atoms with E-state index in [0.717, 1.165) is 18.5 Å². The number of hydrogen-bond donors (Lipinski definition) is 2. The van der Waals surface area contributed by atoms with Gasteiger partial charge in [0.15, 0.2) is 6.61 Å². The van der Waals surface area contributed by atoms with Crippen LogP contribution in [0.1, 0.15) is 25.7 Å². The Balaban J connectivity index is 1.86. The van der Waals surface area contributed by atoms with Crippen molar-refractivity contribution in [3.8, 4) is 5.75 Å². The van der Waals surface area contributed by atoms with Crippen LogP contribution in [-0.2, 0) is 9.59 Å². The number of nitrogens with one attached hydrogen (secondary N) is 1. The van der Waals surface area contributed by atoms with Gasteiger partial charge in [0.05, 0.1) is 5.92 Å². The molecule has 1 aromatic carbocycles. The van der Waals surface area contributed by atoms with E-state index in [1.165, 1.54) is 4.90 Å². The topological polar surface area (TPSA) is 78.9 Å². The SMILES string of the molecule is CN(C)C(=O)COc1cccc(NC2CCC(C(=O)O)CC2)c1. The molecule has 6 heteroatoms. The van der Waals surface area contributed by atoms with Crippen molar-refractivity contribution >= 4 is 17.6 Å². The van der Waals surface area contributed by atoms with Gasteiger partial charge in [-0.3, -0.25) is 9.59 Å². The maximum absolute atomic E-state index is 11.5. The van der Waals surface area contributed by atoms with E-state index in [2.05, 4.69) is 5.32 Å². The van der Waals surface area contributed by atoms with Crippen LogP contribution in [0.2, 0.25) is 0 Å². The fraction of sp³-hybridized carbons (Fsp3) is 0.529. The number of likely N-dealkylation sites (N-methyl/N-ethyl adjacent to an activating group) is 1. The summed E-state index contributed by atoms with van der Waals surface area (Å²) in [6, 6.07) is 7.79. The minimum absolute atomic E-state index is 0.0141. The molecule has 1 aliphatic carbocycles. The smallest absolute Gasteiger partial charge is 0.306 e. The normalized spacial score (nSPS) is 20.6. The van der Waals surface area contributed by atoms with Crippen molar-refractivity contribution in [2.75, 3.05) is 26.0 Å². The van der Waals surface area contributed by atoms with Crippen molar-refractivity contribution in [2.45, 2.75) is 31.7 Å². The summed E-state index contributed by atoms with van der Waals surface area (Å²) in [5.41, 5.74) is 0.929. The van der Waals surface area contributed by atoms with Gasteiger partial charge in [-0.2, -0.15) is 0 Å². The zero-order valence-electron chi connectivity index (χ0n) is 13.6. The third-order valence-corrected chi connectivity index (χ3v) is 4.14. The van der Waals surface area contributed by atoms with E-state index in [1.807, 2.05) is 24.3 Å². The highest BCUT2D eigenvalue weighted by Crippen LogP contribution is 2.27. The summed E-state index contributed by atoms with van der Waals surface area (Å²) in [6.07, 6.45) is 3.11. The Morgan fingerprint density at radius 2 is 1.96 bits per heavy atom. The zero-order chi connectivity index (χ0) is 16.8. The second-order valence-electron chi connectivity index (χ2n) is 6.14. The predicted molar refractivity (Wildman–Crippen MR) is 87.6 cm³/mol. The first kappa shape index (κ1) is 17.1. The molecule has 1 aromatic rings. The number of ether oxygens (including phenoxy) is 1. The van der Waals surface area contributed by atoms with Gasteiger partial charge in [0.25, 0.3) is 5.91 Å². The lowest BCUT2D eigenvalue weighted by molar-refractivity contribution is -0.142. The predicted octanol–water partition coefficient (Wildman–Crippen LogP) is 2.21. The summed E-state index contributed by atoms with van der Waals surface area (Å²) in [7, 11) is 3.38. The first-order chi connectivity index (χ1) is 11.0. The van der Waals surface area contributed by atoms with Crippen LogP contribution in [0.25, 0.3) is 0 Å². The monoisotopic (exact) mass is 320 g/mol. The van der Waals surface area contributed by atoms with E-state index in [1.54, 1.807) is 14.1 Å². The number of carbonyl (C=O) groups excluding carboxylic acids is 1. The minimum atomic E-state index is -0.690. The van der Waals surface area contributed by atoms with Gasteiger partial charge in [0.1, 0.15) is 5.75 Å². The van der Waals surface area contributed by atoms with Gasteiger partial charge in [0.2, 0.25) is 0 Å². The fourth-order valence-electron chi connectivity index (χ4n) is 2.67. The van der Waals surface area contributed by atoms with Crippen molar-refractivity contribution in [1.82, 2.24) is 4.90 Å². The summed E-state index contributed by atoms with van der Waals surface area (Å²) in [5.74, 6) is -0.344. The van der Waals surface area contributed by atoms with E-state index in [9.17, 15) is 9.59 Å². The molecule has 0 saturated heterocycles. The quantitative estimate of drug-likeness (QED) is 0.840.